The highest BCUT2D eigenvalue weighted by Gasteiger charge is 2.26. The van der Waals surface area contributed by atoms with Gasteiger partial charge < -0.3 is 15.0 Å². The molecule has 0 aliphatic carbocycles. The molecule has 1 fully saturated rings. The molecule has 0 amide bonds. The first kappa shape index (κ1) is 20.4. The average Bonchev–Trinajstić information content (AvgIpc) is 3.36. The number of unbranched alkanes of at least 4 members (excludes halogenated alkanes) is 1. The lowest BCUT2D eigenvalue weighted by Gasteiger charge is -2.21. The molecular formula is C22H33N5O. The van der Waals surface area contributed by atoms with Crippen LogP contribution in [0.1, 0.15) is 43.2 Å². The predicted octanol–water partition coefficient (Wildman–Crippen LogP) is 3.17. The first-order chi connectivity index (χ1) is 13.8. The van der Waals surface area contributed by atoms with E-state index in [1.54, 1.807) is 0 Å². The molecule has 1 unspecified atom stereocenters. The zero-order valence-electron chi connectivity index (χ0n) is 17.2. The number of guanidine groups is 1. The van der Waals surface area contributed by atoms with Crippen LogP contribution in [0.4, 0.5) is 0 Å². The van der Waals surface area contributed by atoms with Crippen LogP contribution >= 0.6 is 0 Å². The average molecular weight is 384 g/mol. The van der Waals surface area contributed by atoms with Gasteiger partial charge in [0, 0.05) is 51.9 Å². The Morgan fingerprint density at radius 2 is 2.14 bits per heavy atom. The largest absolute Gasteiger partial charge is 0.377 e. The van der Waals surface area contributed by atoms with E-state index in [4.69, 9.17) is 9.73 Å². The van der Waals surface area contributed by atoms with E-state index < -0.39 is 0 Å². The molecule has 1 atom stereocenters. The first-order valence-corrected chi connectivity index (χ1v) is 10.4. The number of rotatable bonds is 9. The van der Waals surface area contributed by atoms with E-state index in [-0.39, 0.29) is 0 Å². The van der Waals surface area contributed by atoms with Gasteiger partial charge in [-0.25, -0.2) is 0 Å². The predicted molar refractivity (Wildman–Crippen MR) is 113 cm³/mol. The molecule has 1 N–H and O–H groups in total. The number of aliphatic imine (C=N–C) groups is 1. The fraction of sp³-hybridized carbons (Fsp3) is 0.545. The van der Waals surface area contributed by atoms with Crippen molar-refractivity contribution >= 4 is 5.96 Å². The van der Waals surface area contributed by atoms with E-state index >= 15 is 0 Å². The molecule has 3 rings (SSSR count). The fourth-order valence-electron chi connectivity index (χ4n) is 3.57. The molecule has 0 spiro atoms. The zero-order chi connectivity index (χ0) is 19.6. The topological polar surface area (TPSA) is 54.7 Å². The number of aryl methyl sites for hydroxylation is 1. The monoisotopic (exact) mass is 383 g/mol. The quantitative estimate of drug-likeness (QED) is 0.411. The Kier molecular flexibility index (Phi) is 7.91. The van der Waals surface area contributed by atoms with E-state index in [9.17, 15) is 0 Å². The smallest absolute Gasteiger partial charge is 0.193 e. The minimum absolute atomic E-state index is 0.545. The van der Waals surface area contributed by atoms with E-state index in [0.29, 0.717) is 12.5 Å². The van der Waals surface area contributed by atoms with Gasteiger partial charge in [-0.15, -0.1) is 0 Å². The van der Waals surface area contributed by atoms with Gasteiger partial charge in [-0.2, -0.15) is 5.10 Å². The Balaban J connectivity index is 1.38. The van der Waals surface area contributed by atoms with Gasteiger partial charge in [0.05, 0.1) is 12.8 Å². The number of aromatic nitrogens is 2. The van der Waals surface area contributed by atoms with Crippen molar-refractivity contribution < 1.29 is 4.74 Å². The Labute approximate surface area is 168 Å². The van der Waals surface area contributed by atoms with Crippen molar-refractivity contribution in [3.8, 4) is 0 Å². The molecule has 0 bridgehead atoms. The van der Waals surface area contributed by atoms with E-state index in [2.05, 4.69) is 40.6 Å². The molecule has 1 aliphatic heterocycles. The molecule has 28 heavy (non-hydrogen) atoms. The summed E-state index contributed by atoms with van der Waals surface area (Å²) in [5.74, 6) is 1.59. The molecule has 152 valence electrons. The molecule has 1 saturated heterocycles. The van der Waals surface area contributed by atoms with Gasteiger partial charge in [0.2, 0.25) is 0 Å². The summed E-state index contributed by atoms with van der Waals surface area (Å²) in [7, 11) is 1.98. The lowest BCUT2D eigenvalue weighted by molar-refractivity contribution is 0.117. The molecule has 6 heteroatoms. The van der Waals surface area contributed by atoms with Crippen LogP contribution in [0.3, 0.4) is 0 Å². The van der Waals surface area contributed by atoms with Gasteiger partial charge >= 0.3 is 0 Å². The fourth-order valence-corrected chi connectivity index (χ4v) is 3.57. The molecule has 0 radical (unpaired) electrons. The van der Waals surface area contributed by atoms with Crippen molar-refractivity contribution in [1.82, 2.24) is 20.0 Å². The Morgan fingerprint density at radius 3 is 2.89 bits per heavy atom. The third kappa shape index (κ3) is 6.09. The lowest BCUT2D eigenvalue weighted by Crippen LogP contribution is -2.40. The highest BCUT2D eigenvalue weighted by atomic mass is 16.5. The normalized spacial score (nSPS) is 17.3. The second-order valence-corrected chi connectivity index (χ2v) is 7.36. The molecule has 1 aromatic carbocycles. The number of nitrogens with zero attached hydrogens (tertiary/aromatic N) is 4. The molecule has 1 aliphatic rings. The number of hydrogen-bond donors (Lipinski definition) is 1. The van der Waals surface area contributed by atoms with Crippen LogP contribution in [-0.4, -0.2) is 53.4 Å². The van der Waals surface area contributed by atoms with Gasteiger partial charge in [0.1, 0.15) is 0 Å². The number of ether oxygens (including phenoxy) is 1. The third-order valence-corrected chi connectivity index (χ3v) is 5.09. The summed E-state index contributed by atoms with van der Waals surface area (Å²) in [4.78, 5) is 7.22. The second kappa shape index (κ2) is 10.9. The molecular weight excluding hydrogens is 350 g/mol. The van der Waals surface area contributed by atoms with Crippen molar-refractivity contribution in [2.75, 3.05) is 32.8 Å². The summed E-state index contributed by atoms with van der Waals surface area (Å²) in [6, 6.07) is 10.3. The Morgan fingerprint density at radius 1 is 1.29 bits per heavy atom. The van der Waals surface area contributed by atoms with Crippen LogP contribution in [0.15, 0.2) is 47.7 Å². The van der Waals surface area contributed by atoms with Gasteiger partial charge in [0.25, 0.3) is 0 Å². The molecule has 1 aromatic heterocycles. The summed E-state index contributed by atoms with van der Waals surface area (Å²) in [5.41, 5.74) is 2.56. The summed E-state index contributed by atoms with van der Waals surface area (Å²) in [5, 5.41) is 7.76. The number of likely N-dealkylation sites (tertiary alicyclic amines) is 1. The minimum atomic E-state index is 0.545. The summed E-state index contributed by atoms with van der Waals surface area (Å²) < 4.78 is 7.64. The third-order valence-electron chi connectivity index (χ3n) is 5.09. The first-order valence-electron chi connectivity index (χ1n) is 10.4. The molecule has 2 heterocycles. The van der Waals surface area contributed by atoms with Crippen molar-refractivity contribution in [3.63, 3.8) is 0 Å². The van der Waals surface area contributed by atoms with Gasteiger partial charge in [0.15, 0.2) is 5.96 Å². The number of hydrogen-bond acceptors (Lipinski definition) is 3. The van der Waals surface area contributed by atoms with Crippen LogP contribution in [0.5, 0.6) is 0 Å². The zero-order valence-corrected chi connectivity index (χ0v) is 17.2. The van der Waals surface area contributed by atoms with E-state index in [1.807, 2.05) is 36.1 Å². The van der Waals surface area contributed by atoms with Crippen LogP contribution < -0.4 is 5.32 Å². The highest BCUT2D eigenvalue weighted by Crippen LogP contribution is 2.26. The molecule has 0 saturated carbocycles. The molecule has 2 aromatic rings. The lowest BCUT2D eigenvalue weighted by atomic mass is 10.0. The van der Waals surface area contributed by atoms with E-state index in [1.165, 1.54) is 11.1 Å². The van der Waals surface area contributed by atoms with Crippen LogP contribution in [-0.2, 0) is 18.4 Å². The minimum Gasteiger partial charge on any atom is -0.377 e. The van der Waals surface area contributed by atoms with Crippen LogP contribution in [0, 0.1) is 0 Å². The van der Waals surface area contributed by atoms with Crippen LogP contribution in [0.2, 0.25) is 0 Å². The summed E-state index contributed by atoms with van der Waals surface area (Å²) in [6.45, 7) is 7.40. The van der Waals surface area contributed by atoms with Crippen LogP contribution in [0.25, 0.3) is 0 Å². The maximum atomic E-state index is 5.76. The maximum Gasteiger partial charge on any atom is 0.193 e. The van der Waals surface area contributed by atoms with Crippen molar-refractivity contribution in [3.05, 3.63) is 53.9 Å². The Hall–Kier alpha value is -2.34. The summed E-state index contributed by atoms with van der Waals surface area (Å²) >= 11 is 0. The van der Waals surface area contributed by atoms with E-state index in [0.717, 1.165) is 58.0 Å². The maximum absolute atomic E-state index is 5.76. The summed E-state index contributed by atoms with van der Waals surface area (Å²) in [6.07, 6.45) is 7.36. The van der Waals surface area contributed by atoms with Gasteiger partial charge in [-0.1, -0.05) is 30.3 Å². The molecule has 6 nitrogen and oxygen atoms in total. The number of nitrogens with one attached hydrogen (secondary N) is 1. The second-order valence-electron chi connectivity index (χ2n) is 7.36. The van der Waals surface area contributed by atoms with Gasteiger partial charge in [-0.05, 0) is 37.3 Å². The van der Waals surface area contributed by atoms with Gasteiger partial charge in [-0.3, -0.25) is 9.67 Å². The van der Waals surface area contributed by atoms with Crippen molar-refractivity contribution in [2.24, 2.45) is 12.0 Å². The highest BCUT2D eigenvalue weighted by molar-refractivity contribution is 5.80. The van der Waals surface area contributed by atoms with Crippen molar-refractivity contribution in [2.45, 2.75) is 38.7 Å². The van der Waals surface area contributed by atoms with Crippen molar-refractivity contribution in [1.29, 1.82) is 0 Å². The number of benzene rings is 1. The standard InChI is InChI=1S/C22H33N5O/c1-3-23-22(27-13-11-20(17-27)21-15-25-26(2)16-21)24-12-7-8-14-28-18-19-9-5-4-6-10-19/h4-6,9-10,15-16,20H,3,7-8,11-14,17-18H2,1-2H3,(H,23,24). The Bertz CT molecular complexity index is 728. The SMILES string of the molecule is CCNC(=NCCCCOCc1ccccc1)N1CCC(c2cnn(C)c2)C1.